The lowest BCUT2D eigenvalue weighted by Gasteiger charge is -2.12. The predicted molar refractivity (Wildman–Crippen MR) is 68.2 cm³/mol. The Kier molecular flexibility index (Phi) is 6.46. The smallest absolute Gasteiger partial charge is 0.272 e. The molecule has 0 heterocycles. The number of anilines is 1. The number of alkyl halides is 3. The van der Waals surface area contributed by atoms with Gasteiger partial charge in [-0.3, -0.25) is 0 Å². The van der Waals surface area contributed by atoms with Crippen molar-refractivity contribution >= 4 is 28.9 Å². The number of hydrogen-bond donors (Lipinski definition) is 2. The largest absolute Gasteiger partial charge is 0.486 e. The highest BCUT2D eigenvalue weighted by Gasteiger charge is 2.08. The van der Waals surface area contributed by atoms with E-state index < -0.39 is 19.1 Å². The molecule has 7 heteroatoms. The van der Waals surface area contributed by atoms with Gasteiger partial charge in [-0.2, -0.15) is 0 Å². The molecule has 0 fully saturated rings. The zero-order valence-corrected chi connectivity index (χ0v) is 10.9. The van der Waals surface area contributed by atoms with Gasteiger partial charge in [-0.05, 0) is 18.2 Å². The van der Waals surface area contributed by atoms with Gasteiger partial charge in [0.05, 0.1) is 17.0 Å². The molecule has 0 aliphatic rings. The van der Waals surface area contributed by atoms with Crippen molar-refractivity contribution in [1.82, 2.24) is 0 Å². The fraction of sp³-hybridized carbons (Fsp3) is 0.455. The minimum absolute atomic E-state index is 0.121. The maximum atomic E-state index is 12.0. The average molecular weight is 300 g/mol. The molecule has 18 heavy (non-hydrogen) atoms. The Labute approximate surface area is 114 Å². The van der Waals surface area contributed by atoms with Gasteiger partial charge in [0.2, 0.25) is 0 Å². The quantitative estimate of drug-likeness (QED) is 0.761. The SMILES string of the molecule is OC(CCl)CNc1ccc(OCC(F)F)c(Cl)c1. The normalized spacial score (nSPS) is 12.6. The second-order valence-corrected chi connectivity index (χ2v) is 4.25. The van der Waals surface area contributed by atoms with Gasteiger partial charge < -0.3 is 15.2 Å². The van der Waals surface area contributed by atoms with Gasteiger partial charge in [-0.25, -0.2) is 8.78 Å². The highest BCUT2D eigenvalue weighted by molar-refractivity contribution is 6.32. The van der Waals surface area contributed by atoms with E-state index in [1.54, 1.807) is 6.07 Å². The van der Waals surface area contributed by atoms with E-state index >= 15 is 0 Å². The second kappa shape index (κ2) is 7.61. The van der Waals surface area contributed by atoms with Crippen molar-refractivity contribution < 1.29 is 18.6 Å². The summed E-state index contributed by atoms with van der Waals surface area (Å²) < 4.78 is 28.7. The van der Waals surface area contributed by atoms with E-state index in [2.05, 4.69) is 5.32 Å². The zero-order valence-electron chi connectivity index (χ0n) is 9.38. The third kappa shape index (κ3) is 5.25. The number of nitrogens with one attached hydrogen (secondary N) is 1. The minimum Gasteiger partial charge on any atom is -0.486 e. The molecule has 3 nitrogen and oxygen atoms in total. The summed E-state index contributed by atoms with van der Waals surface area (Å²) >= 11 is 11.3. The van der Waals surface area contributed by atoms with Crippen LogP contribution in [0.5, 0.6) is 5.75 Å². The molecule has 1 aromatic rings. The number of ether oxygens (including phenoxy) is 1. The molecule has 0 aromatic heterocycles. The van der Waals surface area contributed by atoms with Gasteiger partial charge in [0.25, 0.3) is 6.43 Å². The van der Waals surface area contributed by atoms with Gasteiger partial charge in [0, 0.05) is 12.2 Å². The molecule has 0 spiro atoms. The van der Waals surface area contributed by atoms with Crippen molar-refractivity contribution in [3.63, 3.8) is 0 Å². The predicted octanol–water partition coefficient (Wildman–Crippen LogP) is 3.00. The summed E-state index contributed by atoms with van der Waals surface area (Å²) in [6.45, 7) is -0.422. The number of halogens is 4. The summed E-state index contributed by atoms with van der Waals surface area (Å²) in [5.74, 6) is 0.316. The fourth-order valence-electron chi connectivity index (χ4n) is 1.17. The topological polar surface area (TPSA) is 41.5 Å². The summed E-state index contributed by atoms with van der Waals surface area (Å²) in [5.41, 5.74) is 0.647. The van der Waals surface area contributed by atoms with E-state index in [0.29, 0.717) is 5.69 Å². The Hall–Kier alpha value is -0.780. The maximum absolute atomic E-state index is 12.0. The van der Waals surface area contributed by atoms with Crippen LogP contribution in [0.3, 0.4) is 0 Å². The number of benzene rings is 1. The van der Waals surface area contributed by atoms with Gasteiger partial charge in [-0.15, -0.1) is 11.6 Å². The molecule has 0 aliphatic heterocycles. The Morgan fingerprint density at radius 2 is 2.11 bits per heavy atom. The molecule has 0 saturated carbocycles. The van der Waals surface area contributed by atoms with Crippen LogP contribution in [-0.4, -0.2) is 36.7 Å². The summed E-state index contributed by atoms with van der Waals surface area (Å²) in [5, 5.41) is 12.4. The van der Waals surface area contributed by atoms with Crippen molar-refractivity contribution in [3.8, 4) is 5.75 Å². The standard InChI is InChI=1S/C11H13Cl2F2NO2/c12-4-8(17)5-16-7-1-2-10(9(13)3-7)18-6-11(14)15/h1-3,8,11,16-17H,4-6H2. The molecule has 102 valence electrons. The summed E-state index contributed by atoms with van der Waals surface area (Å²) in [6, 6.07) is 4.64. The van der Waals surface area contributed by atoms with Crippen molar-refractivity contribution in [3.05, 3.63) is 23.2 Å². The highest BCUT2D eigenvalue weighted by Crippen LogP contribution is 2.27. The summed E-state index contributed by atoms with van der Waals surface area (Å²) in [4.78, 5) is 0. The first-order valence-electron chi connectivity index (χ1n) is 5.21. The Morgan fingerprint density at radius 1 is 1.39 bits per heavy atom. The van der Waals surface area contributed by atoms with Crippen LogP contribution in [0, 0.1) is 0 Å². The molecule has 0 bridgehead atoms. The van der Waals surface area contributed by atoms with Crippen molar-refractivity contribution in [2.24, 2.45) is 0 Å². The van der Waals surface area contributed by atoms with Crippen LogP contribution in [0.4, 0.5) is 14.5 Å². The van der Waals surface area contributed by atoms with Crippen LogP contribution >= 0.6 is 23.2 Å². The number of aliphatic hydroxyl groups is 1. The molecule has 1 atom stereocenters. The molecule has 0 saturated heterocycles. The van der Waals surface area contributed by atoms with Gasteiger partial charge in [0.15, 0.2) is 0 Å². The summed E-state index contributed by atoms with van der Waals surface area (Å²) in [6.07, 6.45) is -3.21. The lowest BCUT2D eigenvalue weighted by Crippen LogP contribution is -2.20. The molecule has 0 radical (unpaired) electrons. The van der Waals surface area contributed by atoms with Crippen molar-refractivity contribution in [1.29, 1.82) is 0 Å². The molecule has 1 aromatic carbocycles. The molecule has 1 rings (SSSR count). The minimum atomic E-state index is -2.54. The van der Waals surface area contributed by atoms with Crippen molar-refractivity contribution in [2.45, 2.75) is 12.5 Å². The van der Waals surface area contributed by atoms with Crippen LogP contribution in [0.25, 0.3) is 0 Å². The van der Waals surface area contributed by atoms with Crippen LogP contribution in [0.1, 0.15) is 0 Å². The third-order valence-corrected chi connectivity index (χ3v) is 2.67. The number of rotatable bonds is 7. The Morgan fingerprint density at radius 3 is 2.67 bits per heavy atom. The second-order valence-electron chi connectivity index (χ2n) is 3.54. The number of hydrogen-bond acceptors (Lipinski definition) is 3. The first kappa shape index (κ1) is 15.3. The van der Waals surface area contributed by atoms with Crippen LogP contribution < -0.4 is 10.1 Å². The van der Waals surface area contributed by atoms with E-state index in [1.165, 1.54) is 12.1 Å². The molecule has 0 amide bonds. The van der Waals surface area contributed by atoms with E-state index in [9.17, 15) is 13.9 Å². The summed E-state index contributed by atoms with van der Waals surface area (Å²) in [7, 11) is 0. The van der Waals surface area contributed by atoms with Crippen LogP contribution in [-0.2, 0) is 0 Å². The molecule has 0 aliphatic carbocycles. The van der Waals surface area contributed by atoms with E-state index in [0.717, 1.165) is 0 Å². The van der Waals surface area contributed by atoms with Crippen LogP contribution in [0.2, 0.25) is 5.02 Å². The monoisotopic (exact) mass is 299 g/mol. The third-order valence-electron chi connectivity index (χ3n) is 2.02. The molecular weight excluding hydrogens is 287 g/mol. The molecule has 1 unspecified atom stereocenters. The average Bonchev–Trinajstić information content (AvgIpc) is 2.34. The first-order chi connectivity index (χ1) is 8.52. The highest BCUT2D eigenvalue weighted by atomic mass is 35.5. The van der Waals surface area contributed by atoms with Crippen LogP contribution in [0.15, 0.2) is 18.2 Å². The first-order valence-corrected chi connectivity index (χ1v) is 6.12. The van der Waals surface area contributed by atoms with E-state index in [-0.39, 0.29) is 23.2 Å². The zero-order chi connectivity index (χ0) is 13.5. The van der Waals surface area contributed by atoms with Gasteiger partial charge in [-0.1, -0.05) is 11.6 Å². The van der Waals surface area contributed by atoms with E-state index in [4.69, 9.17) is 27.9 Å². The molecule has 2 N–H and O–H groups in total. The van der Waals surface area contributed by atoms with E-state index in [1.807, 2.05) is 0 Å². The molecular formula is C11H13Cl2F2NO2. The lowest BCUT2D eigenvalue weighted by atomic mass is 10.3. The number of aliphatic hydroxyl groups excluding tert-OH is 1. The lowest BCUT2D eigenvalue weighted by molar-refractivity contribution is 0.0819. The van der Waals surface area contributed by atoms with Gasteiger partial charge >= 0.3 is 0 Å². The Bertz CT molecular complexity index is 380. The van der Waals surface area contributed by atoms with Gasteiger partial charge in [0.1, 0.15) is 12.4 Å². The van der Waals surface area contributed by atoms with Crippen molar-refractivity contribution in [2.75, 3.05) is 24.3 Å². The fourth-order valence-corrected chi connectivity index (χ4v) is 1.52. The maximum Gasteiger partial charge on any atom is 0.272 e. The Balaban J connectivity index is 2.56.